The first-order valence-electron chi connectivity index (χ1n) is 7.35. The van der Waals surface area contributed by atoms with E-state index >= 15 is 0 Å². The van der Waals surface area contributed by atoms with Gasteiger partial charge in [-0.2, -0.15) is 0 Å². The Bertz CT molecular complexity index is 417. The number of hydrogen-bond donors (Lipinski definition) is 1. The number of hydrogen-bond acceptors (Lipinski definition) is 2. The summed E-state index contributed by atoms with van der Waals surface area (Å²) in [6, 6.07) is 5.76. The molecule has 3 heteroatoms. The Morgan fingerprint density at radius 3 is 2.42 bits per heavy atom. The third kappa shape index (κ3) is 3.43. The molecule has 0 saturated carbocycles. The Kier molecular flexibility index (Phi) is 4.75. The molecule has 1 heterocycles. The number of nitrogens with two attached hydrogens (primary N) is 1. The van der Waals surface area contributed by atoms with E-state index in [2.05, 4.69) is 18.7 Å². The van der Waals surface area contributed by atoms with E-state index in [1.165, 1.54) is 38.8 Å². The summed E-state index contributed by atoms with van der Waals surface area (Å²) in [4.78, 5) is 2.51. The van der Waals surface area contributed by atoms with E-state index < -0.39 is 0 Å². The monoisotopic (exact) mass is 280 g/mol. The molecule has 2 N–H and O–H groups in total. The lowest BCUT2D eigenvalue weighted by Crippen LogP contribution is -2.39. The molecule has 0 atom stereocenters. The average molecular weight is 281 g/mol. The summed E-state index contributed by atoms with van der Waals surface area (Å²) < 4.78 is 0. The van der Waals surface area contributed by atoms with Crippen molar-refractivity contribution in [2.45, 2.75) is 46.1 Å². The molecule has 0 bridgehead atoms. The molecule has 1 aromatic carbocycles. The molecule has 2 nitrogen and oxygen atoms in total. The third-order valence-corrected chi connectivity index (χ3v) is 5.15. The standard InChI is InChI=1S/C16H25ClN2/c1-3-16(4-2)7-9-19(10-8-16)12-13-11-14(17)5-6-15(13)18/h5-6,11H,3-4,7-10,12,18H2,1-2H3. The first-order valence-corrected chi connectivity index (χ1v) is 7.72. The van der Waals surface area contributed by atoms with Gasteiger partial charge in [-0.1, -0.05) is 38.3 Å². The van der Waals surface area contributed by atoms with Gasteiger partial charge in [0.2, 0.25) is 0 Å². The highest BCUT2D eigenvalue weighted by atomic mass is 35.5. The normalized spacial score (nSPS) is 19.5. The van der Waals surface area contributed by atoms with E-state index in [1.807, 2.05) is 18.2 Å². The van der Waals surface area contributed by atoms with Crippen LogP contribution in [0.4, 0.5) is 5.69 Å². The average Bonchev–Trinajstić information content (AvgIpc) is 2.44. The minimum atomic E-state index is 0.580. The lowest BCUT2D eigenvalue weighted by Gasteiger charge is -2.41. The van der Waals surface area contributed by atoms with Gasteiger partial charge in [0.25, 0.3) is 0 Å². The van der Waals surface area contributed by atoms with Gasteiger partial charge in [-0.05, 0) is 55.1 Å². The lowest BCUT2D eigenvalue weighted by molar-refractivity contribution is 0.0910. The van der Waals surface area contributed by atoms with Gasteiger partial charge >= 0.3 is 0 Å². The molecular weight excluding hydrogens is 256 g/mol. The molecule has 19 heavy (non-hydrogen) atoms. The van der Waals surface area contributed by atoms with Crippen LogP contribution >= 0.6 is 11.6 Å². The van der Waals surface area contributed by atoms with Crippen LogP contribution in [0.1, 0.15) is 45.1 Å². The van der Waals surface area contributed by atoms with Crippen LogP contribution in [0.2, 0.25) is 5.02 Å². The van der Waals surface area contributed by atoms with Gasteiger partial charge in [-0.3, -0.25) is 4.90 Å². The predicted octanol–water partition coefficient (Wildman–Crippen LogP) is 4.32. The maximum atomic E-state index is 6.05. The number of halogens is 1. The second-order valence-corrected chi connectivity index (χ2v) is 6.26. The second-order valence-electron chi connectivity index (χ2n) is 5.83. The minimum absolute atomic E-state index is 0.580. The molecule has 0 unspecified atom stereocenters. The zero-order valence-corrected chi connectivity index (χ0v) is 12.8. The first-order chi connectivity index (χ1) is 9.08. The van der Waals surface area contributed by atoms with E-state index in [0.29, 0.717) is 5.41 Å². The van der Waals surface area contributed by atoms with Gasteiger partial charge in [0.05, 0.1) is 0 Å². The summed E-state index contributed by atoms with van der Waals surface area (Å²) in [5, 5.41) is 0.776. The molecule has 2 rings (SSSR count). The maximum absolute atomic E-state index is 6.05. The van der Waals surface area contributed by atoms with Crippen molar-refractivity contribution in [1.29, 1.82) is 0 Å². The lowest BCUT2D eigenvalue weighted by atomic mass is 9.74. The smallest absolute Gasteiger partial charge is 0.0410 e. The number of piperidine rings is 1. The second kappa shape index (κ2) is 6.15. The Balaban J connectivity index is 1.97. The highest BCUT2D eigenvalue weighted by Crippen LogP contribution is 2.38. The third-order valence-electron chi connectivity index (χ3n) is 4.92. The summed E-state index contributed by atoms with van der Waals surface area (Å²) in [6.45, 7) is 7.93. The van der Waals surface area contributed by atoms with Gasteiger partial charge in [-0.25, -0.2) is 0 Å². The number of likely N-dealkylation sites (tertiary alicyclic amines) is 1. The van der Waals surface area contributed by atoms with Crippen LogP contribution in [-0.2, 0) is 6.54 Å². The summed E-state index contributed by atoms with van der Waals surface area (Å²) in [5.41, 5.74) is 8.62. The van der Waals surface area contributed by atoms with Crippen molar-refractivity contribution in [2.24, 2.45) is 5.41 Å². The first kappa shape index (κ1) is 14.7. The van der Waals surface area contributed by atoms with Crippen LogP contribution < -0.4 is 5.73 Å². The summed E-state index contributed by atoms with van der Waals surface area (Å²) in [6.07, 6.45) is 5.22. The Labute approximate surface area is 121 Å². The molecule has 1 saturated heterocycles. The van der Waals surface area contributed by atoms with Crippen LogP contribution in [0.3, 0.4) is 0 Å². The fourth-order valence-corrected chi connectivity index (χ4v) is 3.29. The van der Waals surface area contributed by atoms with Gasteiger partial charge in [-0.15, -0.1) is 0 Å². The van der Waals surface area contributed by atoms with E-state index in [-0.39, 0.29) is 0 Å². The number of rotatable bonds is 4. The van der Waals surface area contributed by atoms with Crippen molar-refractivity contribution < 1.29 is 0 Å². The molecule has 0 amide bonds. The van der Waals surface area contributed by atoms with Crippen molar-refractivity contribution in [3.63, 3.8) is 0 Å². The van der Waals surface area contributed by atoms with Crippen LogP contribution in [-0.4, -0.2) is 18.0 Å². The summed E-state index contributed by atoms with van der Waals surface area (Å²) in [7, 11) is 0. The molecule has 0 aromatic heterocycles. The Hall–Kier alpha value is -0.730. The van der Waals surface area contributed by atoms with Gasteiger partial charge in [0, 0.05) is 17.3 Å². The molecule has 1 aromatic rings. The molecule has 1 fully saturated rings. The van der Waals surface area contributed by atoms with E-state index in [1.54, 1.807) is 0 Å². The molecule has 0 spiro atoms. The Morgan fingerprint density at radius 1 is 1.21 bits per heavy atom. The van der Waals surface area contributed by atoms with E-state index in [4.69, 9.17) is 17.3 Å². The number of anilines is 1. The zero-order chi connectivity index (χ0) is 13.9. The van der Waals surface area contributed by atoms with Gasteiger partial charge in [0.1, 0.15) is 0 Å². The van der Waals surface area contributed by atoms with Crippen LogP contribution in [0, 0.1) is 5.41 Å². The number of nitrogens with zero attached hydrogens (tertiary/aromatic N) is 1. The largest absolute Gasteiger partial charge is 0.398 e. The van der Waals surface area contributed by atoms with E-state index in [9.17, 15) is 0 Å². The fourth-order valence-electron chi connectivity index (χ4n) is 3.09. The zero-order valence-electron chi connectivity index (χ0n) is 12.1. The van der Waals surface area contributed by atoms with Crippen molar-refractivity contribution in [3.8, 4) is 0 Å². The fraction of sp³-hybridized carbons (Fsp3) is 0.625. The predicted molar refractivity (Wildman–Crippen MR) is 83.4 cm³/mol. The highest BCUT2D eigenvalue weighted by molar-refractivity contribution is 6.30. The molecular formula is C16H25ClN2. The molecule has 0 radical (unpaired) electrons. The SMILES string of the molecule is CCC1(CC)CCN(Cc2cc(Cl)ccc2N)CC1. The van der Waals surface area contributed by atoms with E-state index in [0.717, 1.165) is 22.8 Å². The quantitative estimate of drug-likeness (QED) is 0.832. The highest BCUT2D eigenvalue weighted by Gasteiger charge is 2.31. The van der Waals surface area contributed by atoms with Gasteiger partial charge < -0.3 is 5.73 Å². The van der Waals surface area contributed by atoms with Crippen LogP contribution in [0.15, 0.2) is 18.2 Å². The van der Waals surface area contributed by atoms with Crippen molar-refractivity contribution >= 4 is 17.3 Å². The topological polar surface area (TPSA) is 29.3 Å². The number of nitrogen functional groups attached to an aromatic ring is 1. The van der Waals surface area contributed by atoms with Crippen LogP contribution in [0.5, 0.6) is 0 Å². The molecule has 1 aliphatic rings. The summed E-state index contributed by atoms with van der Waals surface area (Å²) >= 11 is 6.05. The summed E-state index contributed by atoms with van der Waals surface area (Å²) in [5.74, 6) is 0. The minimum Gasteiger partial charge on any atom is -0.398 e. The van der Waals surface area contributed by atoms with Crippen LogP contribution in [0.25, 0.3) is 0 Å². The number of benzene rings is 1. The molecule has 0 aliphatic carbocycles. The van der Waals surface area contributed by atoms with Crippen molar-refractivity contribution in [3.05, 3.63) is 28.8 Å². The van der Waals surface area contributed by atoms with Crippen molar-refractivity contribution in [2.75, 3.05) is 18.8 Å². The maximum Gasteiger partial charge on any atom is 0.0410 e. The van der Waals surface area contributed by atoms with Gasteiger partial charge in [0.15, 0.2) is 0 Å². The Morgan fingerprint density at radius 2 is 1.84 bits per heavy atom. The van der Waals surface area contributed by atoms with Crippen molar-refractivity contribution in [1.82, 2.24) is 4.90 Å². The molecule has 106 valence electrons. The molecule has 1 aliphatic heterocycles.